The van der Waals surface area contributed by atoms with Gasteiger partial charge in [-0.3, -0.25) is 0 Å². The summed E-state index contributed by atoms with van der Waals surface area (Å²) >= 11 is 13.3. The number of thiophene rings is 1. The lowest BCUT2D eigenvalue weighted by atomic mass is 10.1. The topological polar surface area (TPSA) is 49.3 Å². The van der Waals surface area contributed by atoms with Gasteiger partial charge in [0.05, 0.1) is 21.1 Å². The van der Waals surface area contributed by atoms with Crippen LogP contribution in [0.2, 0.25) is 9.36 Å². The smallest absolute Gasteiger partial charge is 0.339 e. The molecule has 2 N–H and O–H groups in total. The summed E-state index contributed by atoms with van der Waals surface area (Å²) in [7, 11) is 0. The first-order chi connectivity index (χ1) is 8.99. The van der Waals surface area contributed by atoms with Gasteiger partial charge in [-0.1, -0.05) is 29.3 Å². The van der Waals surface area contributed by atoms with Gasteiger partial charge in [-0.05, 0) is 31.2 Å². The van der Waals surface area contributed by atoms with Crippen LogP contribution >= 0.6 is 34.5 Å². The van der Waals surface area contributed by atoms with Gasteiger partial charge in [-0.15, -0.1) is 11.3 Å². The molecule has 3 nitrogen and oxygen atoms in total. The number of carboxylic acid groups (broad SMARTS) is 1. The highest BCUT2D eigenvalue weighted by Gasteiger charge is 2.16. The summed E-state index contributed by atoms with van der Waals surface area (Å²) < 4.78 is 0.702. The highest BCUT2D eigenvalue weighted by atomic mass is 35.5. The number of nitrogens with one attached hydrogen (secondary N) is 1. The first-order valence-corrected chi connectivity index (χ1v) is 7.10. The van der Waals surface area contributed by atoms with E-state index < -0.39 is 5.97 Å². The quantitative estimate of drug-likeness (QED) is 0.841. The zero-order valence-corrected chi connectivity index (χ0v) is 12.3. The maximum absolute atomic E-state index is 11.2. The van der Waals surface area contributed by atoms with Crippen LogP contribution in [0, 0.1) is 0 Å². The number of halogens is 2. The maximum Gasteiger partial charge on any atom is 0.339 e. The molecule has 2 rings (SSSR count). The lowest BCUT2D eigenvalue weighted by Crippen LogP contribution is -2.10. The summed E-state index contributed by atoms with van der Waals surface area (Å²) in [4.78, 5) is 12.3. The average molecular weight is 316 g/mol. The number of aromatic carboxylic acids is 1. The van der Waals surface area contributed by atoms with Crippen LogP contribution in [0.4, 0.5) is 5.69 Å². The van der Waals surface area contributed by atoms with Gasteiger partial charge in [0.25, 0.3) is 0 Å². The molecule has 0 saturated heterocycles. The van der Waals surface area contributed by atoms with E-state index in [1.54, 1.807) is 18.2 Å². The standard InChI is InChI=1S/C13H11Cl2NO2S/c1-7(10-5-6-11(15)19-10)16-9-4-2-3-8(14)12(9)13(17)18/h2-7,16H,1H3,(H,17,18). The highest BCUT2D eigenvalue weighted by Crippen LogP contribution is 2.31. The van der Waals surface area contributed by atoms with Crippen molar-refractivity contribution in [2.75, 3.05) is 5.32 Å². The Morgan fingerprint density at radius 2 is 2.05 bits per heavy atom. The van der Waals surface area contributed by atoms with E-state index in [1.807, 2.05) is 19.1 Å². The van der Waals surface area contributed by atoms with Gasteiger partial charge in [-0.25, -0.2) is 4.79 Å². The fourth-order valence-corrected chi connectivity index (χ4v) is 3.05. The minimum atomic E-state index is -1.05. The van der Waals surface area contributed by atoms with Crippen molar-refractivity contribution in [1.82, 2.24) is 0 Å². The highest BCUT2D eigenvalue weighted by molar-refractivity contribution is 7.16. The van der Waals surface area contributed by atoms with Crippen molar-refractivity contribution in [3.63, 3.8) is 0 Å². The lowest BCUT2D eigenvalue weighted by molar-refractivity contribution is 0.0698. The molecule has 1 atom stereocenters. The molecule has 0 bridgehead atoms. The molecule has 0 aliphatic heterocycles. The minimum absolute atomic E-state index is 0.0472. The van der Waals surface area contributed by atoms with Crippen LogP contribution in [0.3, 0.4) is 0 Å². The molecule has 0 amide bonds. The molecule has 6 heteroatoms. The molecule has 100 valence electrons. The van der Waals surface area contributed by atoms with Gasteiger partial charge < -0.3 is 10.4 Å². The van der Waals surface area contributed by atoms with Crippen molar-refractivity contribution in [3.05, 3.63) is 50.1 Å². The van der Waals surface area contributed by atoms with Crippen LogP contribution in [0.5, 0.6) is 0 Å². The first kappa shape index (κ1) is 14.2. The van der Waals surface area contributed by atoms with E-state index in [2.05, 4.69) is 5.32 Å². The Kier molecular flexibility index (Phi) is 4.34. The summed E-state index contributed by atoms with van der Waals surface area (Å²) in [6.45, 7) is 1.94. The minimum Gasteiger partial charge on any atom is -0.478 e. The van der Waals surface area contributed by atoms with Crippen molar-refractivity contribution in [1.29, 1.82) is 0 Å². The second-order valence-electron chi connectivity index (χ2n) is 3.98. The number of benzene rings is 1. The van der Waals surface area contributed by atoms with Crippen molar-refractivity contribution in [3.8, 4) is 0 Å². The number of anilines is 1. The number of hydrogen-bond acceptors (Lipinski definition) is 3. The second kappa shape index (κ2) is 5.82. The molecule has 0 aliphatic rings. The van der Waals surface area contributed by atoms with Crippen LogP contribution in [0.25, 0.3) is 0 Å². The number of hydrogen-bond donors (Lipinski definition) is 2. The van der Waals surface area contributed by atoms with E-state index in [0.717, 1.165) is 4.88 Å². The van der Waals surface area contributed by atoms with Gasteiger partial charge >= 0.3 is 5.97 Å². The molecule has 0 fully saturated rings. The molecule has 2 aromatic rings. The molecular formula is C13H11Cl2NO2S. The van der Waals surface area contributed by atoms with E-state index >= 15 is 0 Å². The summed E-state index contributed by atoms with van der Waals surface area (Å²) in [6.07, 6.45) is 0. The normalized spacial score (nSPS) is 12.2. The second-order valence-corrected chi connectivity index (χ2v) is 6.13. The van der Waals surface area contributed by atoms with E-state index in [9.17, 15) is 9.90 Å². The number of rotatable bonds is 4. The molecular weight excluding hydrogens is 305 g/mol. The third-order valence-electron chi connectivity index (χ3n) is 2.62. The molecule has 0 spiro atoms. The monoisotopic (exact) mass is 315 g/mol. The van der Waals surface area contributed by atoms with Gasteiger partial charge in [0.2, 0.25) is 0 Å². The molecule has 1 heterocycles. The Bertz CT molecular complexity index is 612. The largest absolute Gasteiger partial charge is 0.478 e. The maximum atomic E-state index is 11.2. The van der Waals surface area contributed by atoms with Crippen molar-refractivity contribution in [2.24, 2.45) is 0 Å². The van der Waals surface area contributed by atoms with Gasteiger partial charge in [0.1, 0.15) is 5.56 Å². The summed E-state index contributed by atoms with van der Waals surface area (Å²) in [5.74, 6) is -1.05. The van der Waals surface area contributed by atoms with E-state index in [0.29, 0.717) is 10.0 Å². The lowest BCUT2D eigenvalue weighted by Gasteiger charge is -2.16. The van der Waals surface area contributed by atoms with Crippen LogP contribution < -0.4 is 5.32 Å². The van der Waals surface area contributed by atoms with Crippen molar-refractivity contribution < 1.29 is 9.90 Å². The number of carboxylic acids is 1. The van der Waals surface area contributed by atoms with Gasteiger partial charge in [0.15, 0.2) is 0 Å². The Balaban J connectivity index is 2.28. The zero-order chi connectivity index (χ0) is 14.0. The van der Waals surface area contributed by atoms with Crippen LogP contribution in [-0.4, -0.2) is 11.1 Å². The van der Waals surface area contributed by atoms with Gasteiger partial charge in [0, 0.05) is 4.88 Å². The van der Waals surface area contributed by atoms with Crippen molar-refractivity contribution >= 4 is 46.2 Å². The fourth-order valence-electron chi connectivity index (χ4n) is 1.73. The van der Waals surface area contributed by atoms with E-state index in [-0.39, 0.29) is 16.6 Å². The SMILES string of the molecule is CC(Nc1cccc(Cl)c1C(=O)O)c1ccc(Cl)s1. The average Bonchev–Trinajstić information content (AvgIpc) is 2.75. The molecule has 0 radical (unpaired) electrons. The summed E-state index contributed by atoms with van der Waals surface area (Å²) in [5.41, 5.74) is 0.579. The van der Waals surface area contributed by atoms with E-state index in [1.165, 1.54) is 11.3 Å². The Labute approximate surface area is 124 Å². The predicted molar refractivity (Wildman–Crippen MR) is 79.8 cm³/mol. The van der Waals surface area contributed by atoms with Crippen LogP contribution in [-0.2, 0) is 0 Å². The third-order valence-corrected chi connectivity index (χ3v) is 4.35. The molecule has 1 aromatic carbocycles. The summed E-state index contributed by atoms with van der Waals surface area (Å²) in [5, 5.41) is 12.6. The van der Waals surface area contributed by atoms with Crippen molar-refractivity contribution in [2.45, 2.75) is 13.0 Å². The molecule has 1 unspecified atom stereocenters. The molecule has 0 saturated carbocycles. The van der Waals surface area contributed by atoms with Crippen LogP contribution in [0.1, 0.15) is 28.2 Å². The van der Waals surface area contributed by atoms with Gasteiger partial charge in [-0.2, -0.15) is 0 Å². The van der Waals surface area contributed by atoms with Crippen LogP contribution in [0.15, 0.2) is 30.3 Å². The third kappa shape index (κ3) is 3.21. The zero-order valence-electron chi connectivity index (χ0n) is 9.98. The molecule has 19 heavy (non-hydrogen) atoms. The Morgan fingerprint density at radius 3 is 2.63 bits per heavy atom. The fraction of sp³-hybridized carbons (Fsp3) is 0.154. The molecule has 1 aromatic heterocycles. The predicted octanol–water partition coefficient (Wildman–Crippen LogP) is 4.93. The molecule has 0 aliphatic carbocycles. The first-order valence-electron chi connectivity index (χ1n) is 5.52. The number of carbonyl (C=O) groups is 1. The Morgan fingerprint density at radius 1 is 1.32 bits per heavy atom. The van der Waals surface area contributed by atoms with E-state index in [4.69, 9.17) is 23.2 Å². The Hall–Kier alpha value is -1.23. The summed E-state index contributed by atoms with van der Waals surface area (Å²) in [6, 6.07) is 8.65.